The number of ether oxygens (including phenoxy) is 2. The lowest BCUT2D eigenvalue weighted by molar-refractivity contribution is -0.134. The highest BCUT2D eigenvalue weighted by atomic mass is 28.3. The van der Waals surface area contributed by atoms with E-state index in [9.17, 15) is 4.79 Å². The van der Waals surface area contributed by atoms with Crippen molar-refractivity contribution in [2.24, 2.45) is 0 Å². The quantitative estimate of drug-likeness (QED) is 0.549. The van der Waals surface area contributed by atoms with E-state index in [4.69, 9.17) is 9.47 Å². The topological polar surface area (TPSA) is 35.5 Å². The number of allylic oxidation sites excluding steroid dienone is 1. The lowest BCUT2D eigenvalue weighted by Crippen LogP contribution is -2.38. The second-order valence-corrected chi connectivity index (χ2v) is 11.4. The zero-order valence-electron chi connectivity index (χ0n) is 10.9. The fraction of sp³-hybridized carbons (Fsp3) is 0.750. The van der Waals surface area contributed by atoms with Crippen LogP contribution in [0.5, 0.6) is 0 Å². The van der Waals surface area contributed by atoms with Crippen LogP contribution in [-0.2, 0) is 14.3 Å². The standard InChI is InChI=1S/C12H22O3Si/c1-10-8-11(13)12(2,15-10)9-14-6-7-16(3,4)5/h8H,6-7,9H2,1-5H3. The Labute approximate surface area is 98.8 Å². The first-order valence-electron chi connectivity index (χ1n) is 5.72. The summed E-state index contributed by atoms with van der Waals surface area (Å²) >= 11 is 0. The first-order chi connectivity index (χ1) is 7.23. The van der Waals surface area contributed by atoms with E-state index < -0.39 is 13.7 Å². The molecule has 0 bridgehead atoms. The van der Waals surface area contributed by atoms with Gasteiger partial charge in [-0.3, -0.25) is 4.79 Å². The average Bonchev–Trinajstić information content (AvgIpc) is 2.34. The Kier molecular flexibility index (Phi) is 3.96. The predicted molar refractivity (Wildman–Crippen MR) is 67.2 cm³/mol. The summed E-state index contributed by atoms with van der Waals surface area (Å²) in [5.41, 5.74) is -0.788. The summed E-state index contributed by atoms with van der Waals surface area (Å²) in [6, 6.07) is 1.11. The van der Waals surface area contributed by atoms with Gasteiger partial charge in [0.1, 0.15) is 0 Å². The van der Waals surface area contributed by atoms with E-state index >= 15 is 0 Å². The summed E-state index contributed by atoms with van der Waals surface area (Å²) in [4.78, 5) is 11.6. The largest absolute Gasteiger partial charge is 0.481 e. The van der Waals surface area contributed by atoms with Crippen molar-refractivity contribution in [3.63, 3.8) is 0 Å². The molecule has 1 aliphatic rings. The smallest absolute Gasteiger partial charge is 0.204 e. The molecule has 0 spiro atoms. The first kappa shape index (κ1) is 13.5. The molecule has 0 fully saturated rings. The van der Waals surface area contributed by atoms with Gasteiger partial charge in [-0.1, -0.05) is 19.6 Å². The molecular weight excluding hydrogens is 220 g/mol. The second-order valence-electron chi connectivity index (χ2n) is 5.82. The molecule has 0 saturated carbocycles. The van der Waals surface area contributed by atoms with E-state index in [0.717, 1.165) is 12.7 Å². The van der Waals surface area contributed by atoms with Crippen LogP contribution in [0.1, 0.15) is 13.8 Å². The number of hydrogen-bond acceptors (Lipinski definition) is 3. The molecule has 16 heavy (non-hydrogen) atoms. The molecule has 1 unspecified atom stereocenters. The van der Waals surface area contributed by atoms with E-state index in [0.29, 0.717) is 12.4 Å². The molecular formula is C12H22O3Si. The summed E-state index contributed by atoms with van der Waals surface area (Å²) in [5.74, 6) is 0.694. The summed E-state index contributed by atoms with van der Waals surface area (Å²) in [6.45, 7) is 11.6. The highest BCUT2D eigenvalue weighted by Gasteiger charge is 2.39. The predicted octanol–water partition coefficient (Wildman–Crippen LogP) is 2.60. The fourth-order valence-corrected chi connectivity index (χ4v) is 2.27. The molecule has 0 N–H and O–H groups in total. The fourth-order valence-electron chi connectivity index (χ4n) is 1.52. The molecule has 3 nitrogen and oxygen atoms in total. The second kappa shape index (κ2) is 4.71. The third-order valence-electron chi connectivity index (χ3n) is 2.62. The number of carbonyl (C=O) groups excluding carboxylic acids is 1. The lowest BCUT2D eigenvalue weighted by atomic mass is 10.0. The van der Waals surface area contributed by atoms with Crippen LogP contribution in [0.2, 0.25) is 25.7 Å². The molecule has 0 aromatic rings. The third-order valence-corrected chi connectivity index (χ3v) is 4.32. The molecule has 0 aromatic heterocycles. The Morgan fingerprint density at radius 3 is 2.50 bits per heavy atom. The summed E-state index contributed by atoms with van der Waals surface area (Å²) in [5, 5.41) is 0. The molecule has 0 amide bonds. The lowest BCUT2D eigenvalue weighted by Gasteiger charge is -2.24. The summed E-state index contributed by atoms with van der Waals surface area (Å²) in [6.07, 6.45) is 1.54. The van der Waals surface area contributed by atoms with E-state index in [1.54, 1.807) is 19.9 Å². The highest BCUT2D eigenvalue weighted by molar-refractivity contribution is 6.76. The van der Waals surface area contributed by atoms with Gasteiger partial charge in [0.25, 0.3) is 0 Å². The van der Waals surface area contributed by atoms with E-state index in [-0.39, 0.29) is 5.78 Å². The van der Waals surface area contributed by atoms with Crippen molar-refractivity contribution in [1.29, 1.82) is 0 Å². The van der Waals surface area contributed by atoms with Gasteiger partial charge in [-0.25, -0.2) is 0 Å². The van der Waals surface area contributed by atoms with Crippen molar-refractivity contribution in [3.8, 4) is 0 Å². The molecule has 4 heteroatoms. The van der Waals surface area contributed by atoms with Crippen LogP contribution in [0.3, 0.4) is 0 Å². The molecule has 0 aliphatic carbocycles. The van der Waals surface area contributed by atoms with Crippen molar-refractivity contribution in [3.05, 3.63) is 11.8 Å². The van der Waals surface area contributed by atoms with Gasteiger partial charge in [-0.15, -0.1) is 0 Å². The first-order valence-corrected chi connectivity index (χ1v) is 9.43. The maximum Gasteiger partial charge on any atom is 0.204 e. The van der Waals surface area contributed by atoms with Gasteiger partial charge in [0.05, 0.1) is 12.4 Å². The summed E-state index contributed by atoms with van der Waals surface area (Å²) in [7, 11) is -1.05. The summed E-state index contributed by atoms with van der Waals surface area (Å²) < 4.78 is 11.1. The molecule has 1 aliphatic heterocycles. The van der Waals surface area contributed by atoms with Crippen LogP contribution in [0.4, 0.5) is 0 Å². The van der Waals surface area contributed by atoms with Gasteiger partial charge < -0.3 is 9.47 Å². The van der Waals surface area contributed by atoms with Crippen LogP contribution < -0.4 is 0 Å². The highest BCUT2D eigenvalue weighted by Crippen LogP contribution is 2.25. The molecule has 92 valence electrons. The zero-order valence-corrected chi connectivity index (χ0v) is 11.9. The van der Waals surface area contributed by atoms with Gasteiger partial charge in [0.2, 0.25) is 5.78 Å². The minimum atomic E-state index is -1.05. The van der Waals surface area contributed by atoms with Crippen LogP contribution >= 0.6 is 0 Å². The Morgan fingerprint density at radius 1 is 1.44 bits per heavy atom. The number of hydrogen-bond donors (Lipinski definition) is 0. The number of rotatable bonds is 5. The number of ketones is 1. The van der Waals surface area contributed by atoms with Crippen molar-refractivity contribution >= 4 is 13.9 Å². The van der Waals surface area contributed by atoms with Crippen molar-refractivity contribution < 1.29 is 14.3 Å². The minimum absolute atomic E-state index is 0.0120. The van der Waals surface area contributed by atoms with Crippen LogP contribution in [-0.4, -0.2) is 32.7 Å². The normalized spacial score (nSPS) is 25.6. The van der Waals surface area contributed by atoms with Crippen molar-refractivity contribution in [2.75, 3.05) is 13.2 Å². The van der Waals surface area contributed by atoms with Gasteiger partial charge in [-0.2, -0.15) is 0 Å². The van der Waals surface area contributed by atoms with E-state index in [2.05, 4.69) is 19.6 Å². The molecule has 0 saturated heterocycles. The van der Waals surface area contributed by atoms with Crippen molar-refractivity contribution in [1.82, 2.24) is 0 Å². The van der Waals surface area contributed by atoms with E-state index in [1.165, 1.54) is 0 Å². The maximum atomic E-state index is 11.6. The Morgan fingerprint density at radius 2 is 2.06 bits per heavy atom. The SMILES string of the molecule is CC1=CC(=O)C(C)(COCC[Si](C)(C)C)O1. The molecule has 1 heterocycles. The van der Waals surface area contributed by atoms with Crippen LogP contribution in [0.25, 0.3) is 0 Å². The molecule has 1 atom stereocenters. The van der Waals surface area contributed by atoms with E-state index in [1.807, 2.05) is 0 Å². The monoisotopic (exact) mass is 242 g/mol. The molecule has 0 aromatic carbocycles. The molecule has 1 rings (SSSR count). The minimum Gasteiger partial charge on any atom is -0.481 e. The van der Waals surface area contributed by atoms with Crippen LogP contribution in [0, 0.1) is 0 Å². The zero-order chi connectivity index (χ0) is 12.4. The Bertz CT molecular complexity index is 304. The Balaban J connectivity index is 2.31. The number of carbonyl (C=O) groups is 1. The Hall–Kier alpha value is -0.613. The third kappa shape index (κ3) is 3.76. The maximum absolute atomic E-state index is 11.6. The van der Waals surface area contributed by atoms with Crippen molar-refractivity contribution in [2.45, 2.75) is 45.1 Å². The molecule has 0 radical (unpaired) electrons. The van der Waals surface area contributed by atoms with Gasteiger partial charge >= 0.3 is 0 Å². The average molecular weight is 242 g/mol. The van der Waals surface area contributed by atoms with Gasteiger partial charge in [-0.05, 0) is 19.9 Å². The van der Waals surface area contributed by atoms with Crippen LogP contribution in [0.15, 0.2) is 11.8 Å². The van der Waals surface area contributed by atoms with Gasteiger partial charge in [0, 0.05) is 20.8 Å². The van der Waals surface area contributed by atoms with Gasteiger partial charge in [0.15, 0.2) is 5.60 Å².